The highest BCUT2D eigenvalue weighted by atomic mass is 31.2. The van der Waals surface area contributed by atoms with Gasteiger partial charge in [-0.3, -0.25) is 4.57 Å². The Hall–Kier alpha value is -0.110. The van der Waals surface area contributed by atoms with Gasteiger partial charge in [0, 0.05) is 5.82 Å². The molecule has 0 aromatic rings. The molecular weight excluding hydrogens is 223 g/mol. The van der Waals surface area contributed by atoms with Crippen molar-refractivity contribution in [2.45, 2.75) is 52.9 Å². The van der Waals surface area contributed by atoms with Crippen molar-refractivity contribution in [2.75, 3.05) is 13.2 Å². The lowest BCUT2D eigenvalue weighted by Crippen LogP contribution is -1.92. The molecule has 0 atom stereocenters. The smallest absolute Gasteiger partial charge is 0.306 e. The number of hydrogen-bond donors (Lipinski definition) is 0. The van der Waals surface area contributed by atoms with Gasteiger partial charge in [0.1, 0.15) is 0 Å². The number of hydrogen-bond acceptors (Lipinski definition) is 3. The van der Waals surface area contributed by atoms with E-state index in [2.05, 4.69) is 6.92 Å². The molecule has 0 aromatic carbocycles. The largest absolute Gasteiger partial charge is 0.353 e. The molecule has 0 aromatic heterocycles. The Morgan fingerprint density at radius 2 is 1.62 bits per heavy atom. The van der Waals surface area contributed by atoms with Crippen LogP contribution in [0.5, 0.6) is 0 Å². The van der Waals surface area contributed by atoms with Gasteiger partial charge in [-0.25, -0.2) is 0 Å². The summed E-state index contributed by atoms with van der Waals surface area (Å²) in [6.45, 7) is 6.66. The summed E-state index contributed by atoms with van der Waals surface area (Å²) in [5, 5.41) is 0. The quantitative estimate of drug-likeness (QED) is 0.414. The van der Waals surface area contributed by atoms with Crippen molar-refractivity contribution in [1.82, 2.24) is 0 Å². The van der Waals surface area contributed by atoms with Gasteiger partial charge in [0.25, 0.3) is 0 Å². The van der Waals surface area contributed by atoms with Gasteiger partial charge in [-0.2, -0.15) is 0 Å². The number of unbranched alkanes of at least 4 members (excludes halogenated alkanes) is 4. The number of allylic oxidation sites excluding steroid dienone is 1. The molecule has 0 rings (SSSR count). The van der Waals surface area contributed by atoms with Crippen molar-refractivity contribution in [1.29, 1.82) is 0 Å². The Morgan fingerprint density at radius 1 is 1.00 bits per heavy atom. The summed E-state index contributed by atoms with van der Waals surface area (Å²) in [7, 11) is -2.96. The molecule has 0 bridgehead atoms. The highest BCUT2D eigenvalue weighted by Gasteiger charge is 2.18. The molecule has 0 fully saturated rings. The van der Waals surface area contributed by atoms with Crippen LogP contribution in [-0.2, 0) is 13.6 Å². The Balaban J connectivity index is 3.89. The zero-order valence-corrected chi connectivity index (χ0v) is 11.7. The predicted octanol–water partition coefficient (Wildman–Crippen LogP) is 4.74. The maximum Gasteiger partial charge on any atom is 0.353 e. The van der Waals surface area contributed by atoms with Crippen LogP contribution >= 0.6 is 7.60 Å². The van der Waals surface area contributed by atoms with E-state index >= 15 is 0 Å². The van der Waals surface area contributed by atoms with Crippen LogP contribution in [0.15, 0.2) is 11.9 Å². The third-order valence-corrected chi connectivity index (χ3v) is 3.94. The first kappa shape index (κ1) is 15.9. The third kappa shape index (κ3) is 8.09. The molecule has 0 amide bonds. The summed E-state index contributed by atoms with van der Waals surface area (Å²) in [5.74, 6) is 1.60. The van der Waals surface area contributed by atoms with Gasteiger partial charge in [0.15, 0.2) is 0 Å². The zero-order valence-electron chi connectivity index (χ0n) is 10.8. The first-order valence-electron chi connectivity index (χ1n) is 6.25. The van der Waals surface area contributed by atoms with E-state index in [4.69, 9.17) is 9.05 Å². The molecular formula is C12H25O3P. The van der Waals surface area contributed by atoms with Crippen LogP contribution < -0.4 is 0 Å². The van der Waals surface area contributed by atoms with Gasteiger partial charge in [0.05, 0.1) is 13.2 Å². The van der Waals surface area contributed by atoms with Crippen molar-refractivity contribution in [2.24, 2.45) is 0 Å². The second-order valence-electron chi connectivity index (χ2n) is 3.61. The van der Waals surface area contributed by atoms with Crippen molar-refractivity contribution < 1.29 is 13.6 Å². The lowest BCUT2D eigenvalue weighted by Gasteiger charge is -2.12. The van der Waals surface area contributed by atoms with E-state index in [1.807, 2.05) is 19.9 Å². The topological polar surface area (TPSA) is 35.5 Å². The molecule has 0 N–H and O–H groups in total. The van der Waals surface area contributed by atoms with Crippen LogP contribution in [0.1, 0.15) is 52.9 Å². The van der Waals surface area contributed by atoms with Crippen molar-refractivity contribution >= 4 is 7.60 Å². The van der Waals surface area contributed by atoms with Crippen LogP contribution in [0.25, 0.3) is 0 Å². The second-order valence-corrected chi connectivity index (χ2v) is 5.50. The Bertz CT molecular complexity index is 216. The molecule has 16 heavy (non-hydrogen) atoms. The first-order valence-corrected chi connectivity index (χ1v) is 7.86. The first-order chi connectivity index (χ1) is 7.68. The van der Waals surface area contributed by atoms with Gasteiger partial charge in [-0.15, -0.1) is 0 Å². The van der Waals surface area contributed by atoms with Gasteiger partial charge >= 0.3 is 7.60 Å². The zero-order chi connectivity index (χ0) is 12.3. The Kier molecular flexibility index (Phi) is 10.0. The molecule has 96 valence electrons. The lowest BCUT2D eigenvalue weighted by atomic mass is 10.2. The maximum absolute atomic E-state index is 12.0. The monoisotopic (exact) mass is 248 g/mol. The minimum atomic E-state index is -2.96. The lowest BCUT2D eigenvalue weighted by molar-refractivity contribution is 0.229. The fourth-order valence-electron chi connectivity index (χ4n) is 1.38. The molecule has 4 heteroatoms. The average Bonchev–Trinajstić information content (AvgIpc) is 2.24. The minimum Gasteiger partial charge on any atom is -0.306 e. The molecule has 0 saturated carbocycles. The summed E-state index contributed by atoms with van der Waals surface area (Å²) in [4.78, 5) is 0. The van der Waals surface area contributed by atoms with E-state index in [1.54, 1.807) is 5.82 Å². The Morgan fingerprint density at radius 3 is 2.12 bits per heavy atom. The van der Waals surface area contributed by atoms with Gasteiger partial charge in [-0.05, 0) is 26.7 Å². The fraction of sp³-hybridized carbons (Fsp3) is 0.833. The summed E-state index contributed by atoms with van der Waals surface area (Å²) in [6.07, 6.45) is 7.74. The summed E-state index contributed by atoms with van der Waals surface area (Å²) in [5.41, 5.74) is 0. The highest BCUT2D eigenvalue weighted by Crippen LogP contribution is 2.49. The van der Waals surface area contributed by atoms with Crippen molar-refractivity contribution in [3.63, 3.8) is 0 Å². The van der Waals surface area contributed by atoms with Crippen molar-refractivity contribution in [3.8, 4) is 0 Å². The second kappa shape index (κ2) is 10.1. The van der Waals surface area contributed by atoms with Gasteiger partial charge < -0.3 is 9.05 Å². The van der Waals surface area contributed by atoms with Crippen LogP contribution in [0.4, 0.5) is 0 Å². The predicted molar refractivity (Wildman–Crippen MR) is 68.8 cm³/mol. The third-order valence-electron chi connectivity index (χ3n) is 2.13. The molecule has 0 saturated heterocycles. The molecule has 0 radical (unpaired) electrons. The maximum atomic E-state index is 12.0. The molecule has 0 unspecified atom stereocenters. The molecule has 3 nitrogen and oxygen atoms in total. The molecule has 0 spiro atoms. The van der Waals surface area contributed by atoms with Crippen LogP contribution in [-0.4, -0.2) is 13.2 Å². The summed E-state index contributed by atoms with van der Waals surface area (Å²) in [6, 6.07) is 0. The van der Waals surface area contributed by atoms with E-state index in [0.717, 1.165) is 12.8 Å². The van der Waals surface area contributed by atoms with E-state index < -0.39 is 7.60 Å². The van der Waals surface area contributed by atoms with Crippen LogP contribution in [0.2, 0.25) is 0 Å². The molecule has 0 aliphatic rings. The van der Waals surface area contributed by atoms with E-state index in [0.29, 0.717) is 13.2 Å². The summed E-state index contributed by atoms with van der Waals surface area (Å²) >= 11 is 0. The minimum absolute atomic E-state index is 0.414. The summed E-state index contributed by atoms with van der Waals surface area (Å²) < 4.78 is 22.3. The van der Waals surface area contributed by atoms with E-state index in [9.17, 15) is 4.57 Å². The SMILES string of the molecule is CCCCCCC=CP(=O)(OCC)OCC. The van der Waals surface area contributed by atoms with E-state index in [-0.39, 0.29) is 0 Å². The standard InChI is InChI=1S/C12H25O3P/c1-4-7-8-9-10-11-12-16(13,14-5-2)15-6-3/h11-12H,4-10H2,1-3H3. The highest BCUT2D eigenvalue weighted by molar-refractivity contribution is 7.57. The average molecular weight is 248 g/mol. The van der Waals surface area contributed by atoms with Crippen LogP contribution in [0, 0.1) is 0 Å². The molecule has 0 aliphatic carbocycles. The van der Waals surface area contributed by atoms with Gasteiger partial charge in [0.2, 0.25) is 0 Å². The normalized spacial score (nSPS) is 12.4. The van der Waals surface area contributed by atoms with Gasteiger partial charge in [-0.1, -0.05) is 32.3 Å². The number of rotatable bonds is 10. The fourth-order valence-corrected chi connectivity index (χ4v) is 2.75. The molecule has 0 aliphatic heterocycles. The van der Waals surface area contributed by atoms with Crippen LogP contribution in [0.3, 0.4) is 0 Å². The molecule has 0 heterocycles. The Labute approximate surface area is 99.8 Å². The van der Waals surface area contributed by atoms with E-state index in [1.165, 1.54) is 19.3 Å². The van der Waals surface area contributed by atoms with Crippen molar-refractivity contribution in [3.05, 3.63) is 11.9 Å².